The summed E-state index contributed by atoms with van der Waals surface area (Å²) in [5.74, 6) is 0.355. The number of carbonyl (C=O) groups excluding carboxylic acids is 1. The number of benzene rings is 2. The quantitative estimate of drug-likeness (QED) is 0.644. The molecule has 1 heterocycles. The summed E-state index contributed by atoms with van der Waals surface area (Å²) in [6, 6.07) is 14.1. The molecular weight excluding hydrogens is 342 g/mol. The van der Waals surface area contributed by atoms with Gasteiger partial charge in [-0.15, -0.1) is 0 Å². The van der Waals surface area contributed by atoms with E-state index in [1.807, 2.05) is 26.0 Å². The van der Waals surface area contributed by atoms with Crippen LogP contribution in [0.3, 0.4) is 0 Å². The van der Waals surface area contributed by atoms with Crippen molar-refractivity contribution < 1.29 is 13.9 Å². The van der Waals surface area contributed by atoms with Crippen LogP contribution in [0.2, 0.25) is 0 Å². The zero-order valence-corrected chi connectivity index (χ0v) is 15.6. The molecule has 0 radical (unpaired) electrons. The monoisotopic (exact) mass is 365 g/mol. The smallest absolute Gasteiger partial charge is 0.251 e. The summed E-state index contributed by atoms with van der Waals surface area (Å²) in [4.78, 5) is 24.5. The molecule has 1 N–H and O–H groups in total. The van der Waals surface area contributed by atoms with Gasteiger partial charge in [0.25, 0.3) is 5.91 Å². The molecule has 0 spiro atoms. The van der Waals surface area contributed by atoms with Crippen molar-refractivity contribution >= 4 is 16.9 Å². The minimum atomic E-state index is -0.131. The second kappa shape index (κ2) is 8.64. The molecule has 140 valence electrons. The first-order valence-electron chi connectivity index (χ1n) is 9.09. The zero-order chi connectivity index (χ0) is 19.2. The van der Waals surface area contributed by atoms with Gasteiger partial charge in [-0.2, -0.15) is 0 Å². The Morgan fingerprint density at radius 2 is 1.89 bits per heavy atom. The van der Waals surface area contributed by atoms with Crippen LogP contribution in [0.4, 0.5) is 0 Å². The minimum absolute atomic E-state index is 0.0777. The molecular formula is C22H23NO4. The Hall–Kier alpha value is -2.92. The van der Waals surface area contributed by atoms with E-state index in [1.165, 1.54) is 6.07 Å². The molecule has 0 aliphatic rings. The number of fused-ring (bicyclic) bond motifs is 1. The molecule has 5 nitrogen and oxygen atoms in total. The van der Waals surface area contributed by atoms with Crippen molar-refractivity contribution in [2.75, 3.05) is 19.8 Å². The van der Waals surface area contributed by atoms with Crippen LogP contribution in [0.1, 0.15) is 29.3 Å². The van der Waals surface area contributed by atoms with Gasteiger partial charge in [-0.05, 0) is 44.5 Å². The molecule has 0 bridgehead atoms. The highest BCUT2D eigenvalue weighted by Crippen LogP contribution is 2.23. The molecule has 27 heavy (non-hydrogen) atoms. The van der Waals surface area contributed by atoms with E-state index in [4.69, 9.17) is 9.15 Å². The lowest BCUT2D eigenvalue weighted by molar-refractivity contribution is 0.0944. The second-order valence-electron chi connectivity index (χ2n) is 6.36. The first-order valence-corrected chi connectivity index (χ1v) is 9.09. The lowest BCUT2D eigenvalue weighted by atomic mass is 10.1. The number of carbonyl (C=O) groups is 1. The van der Waals surface area contributed by atoms with E-state index in [0.717, 1.165) is 17.5 Å². The number of rotatable bonds is 7. The van der Waals surface area contributed by atoms with Crippen LogP contribution in [-0.4, -0.2) is 25.7 Å². The molecule has 1 amide bonds. The Bertz CT molecular complexity index is 989. The number of ether oxygens (including phenoxy) is 1. The summed E-state index contributed by atoms with van der Waals surface area (Å²) in [5.41, 5.74) is 2.81. The Kier molecular flexibility index (Phi) is 6.04. The summed E-state index contributed by atoms with van der Waals surface area (Å²) in [6.45, 7) is 5.77. The molecule has 3 aromatic rings. The summed E-state index contributed by atoms with van der Waals surface area (Å²) in [7, 11) is 0. The summed E-state index contributed by atoms with van der Waals surface area (Å²) < 4.78 is 11.1. The standard InChI is InChI=1S/C22H23NO4/c1-3-26-12-4-11-23-22(25)17-8-6-16(7-9-17)21-14-19(24)18-13-15(2)5-10-20(18)27-21/h5-10,13-14H,3-4,11-12H2,1-2H3,(H,23,25). The fourth-order valence-corrected chi connectivity index (χ4v) is 2.82. The van der Waals surface area contributed by atoms with Crippen molar-refractivity contribution in [3.8, 4) is 11.3 Å². The van der Waals surface area contributed by atoms with Gasteiger partial charge in [0, 0.05) is 37.0 Å². The summed E-state index contributed by atoms with van der Waals surface area (Å²) >= 11 is 0. The van der Waals surface area contributed by atoms with E-state index < -0.39 is 0 Å². The predicted molar refractivity (Wildman–Crippen MR) is 106 cm³/mol. The molecule has 2 aromatic carbocycles. The number of nitrogens with one attached hydrogen (secondary N) is 1. The molecule has 0 saturated carbocycles. The highest BCUT2D eigenvalue weighted by molar-refractivity contribution is 5.94. The van der Waals surface area contributed by atoms with E-state index >= 15 is 0 Å². The average Bonchev–Trinajstić information content (AvgIpc) is 2.68. The average molecular weight is 365 g/mol. The van der Waals surface area contributed by atoms with E-state index in [1.54, 1.807) is 30.3 Å². The van der Waals surface area contributed by atoms with Crippen LogP contribution >= 0.6 is 0 Å². The number of amides is 1. The van der Waals surface area contributed by atoms with Gasteiger partial charge in [0.2, 0.25) is 0 Å². The Labute approximate surface area is 158 Å². The fraction of sp³-hybridized carbons (Fsp3) is 0.273. The van der Waals surface area contributed by atoms with Gasteiger partial charge in [0.1, 0.15) is 11.3 Å². The van der Waals surface area contributed by atoms with E-state index in [9.17, 15) is 9.59 Å². The Morgan fingerprint density at radius 1 is 1.11 bits per heavy atom. The van der Waals surface area contributed by atoms with E-state index in [-0.39, 0.29) is 11.3 Å². The van der Waals surface area contributed by atoms with Crippen molar-refractivity contribution in [1.29, 1.82) is 0 Å². The van der Waals surface area contributed by atoms with Gasteiger partial charge in [-0.25, -0.2) is 0 Å². The lowest BCUT2D eigenvalue weighted by Gasteiger charge is -2.07. The highest BCUT2D eigenvalue weighted by atomic mass is 16.5. The van der Waals surface area contributed by atoms with Crippen molar-refractivity contribution in [1.82, 2.24) is 5.32 Å². The van der Waals surface area contributed by atoms with Gasteiger partial charge in [-0.3, -0.25) is 9.59 Å². The third kappa shape index (κ3) is 4.63. The number of aryl methyl sites for hydroxylation is 1. The molecule has 3 rings (SSSR count). The highest BCUT2D eigenvalue weighted by Gasteiger charge is 2.09. The SMILES string of the molecule is CCOCCCNC(=O)c1ccc(-c2cc(=O)c3cc(C)ccc3o2)cc1. The molecule has 0 aliphatic heterocycles. The summed E-state index contributed by atoms with van der Waals surface area (Å²) in [5, 5.41) is 3.43. The van der Waals surface area contributed by atoms with Crippen molar-refractivity contribution in [3.05, 3.63) is 69.9 Å². The topological polar surface area (TPSA) is 68.5 Å². The minimum Gasteiger partial charge on any atom is -0.456 e. The normalized spacial score (nSPS) is 10.9. The van der Waals surface area contributed by atoms with Gasteiger partial charge >= 0.3 is 0 Å². The van der Waals surface area contributed by atoms with Crippen molar-refractivity contribution in [2.45, 2.75) is 20.3 Å². The van der Waals surface area contributed by atoms with Crippen LogP contribution in [0, 0.1) is 6.92 Å². The summed E-state index contributed by atoms with van der Waals surface area (Å²) in [6.07, 6.45) is 0.777. The van der Waals surface area contributed by atoms with Crippen molar-refractivity contribution in [3.63, 3.8) is 0 Å². The van der Waals surface area contributed by atoms with Gasteiger partial charge in [0.05, 0.1) is 5.39 Å². The van der Waals surface area contributed by atoms with Crippen LogP contribution in [-0.2, 0) is 4.74 Å². The molecule has 0 saturated heterocycles. The molecule has 1 aromatic heterocycles. The maximum Gasteiger partial charge on any atom is 0.251 e. The van der Waals surface area contributed by atoms with Crippen LogP contribution in [0.5, 0.6) is 0 Å². The molecule has 0 fully saturated rings. The first kappa shape index (κ1) is 18.9. The molecule has 5 heteroatoms. The Morgan fingerprint density at radius 3 is 2.63 bits per heavy atom. The van der Waals surface area contributed by atoms with Crippen LogP contribution in [0.15, 0.2) is 57.7 Å². The van der Waals surface area contributed by atoms with Crippen LogP contribution < -0.4 is 10.7 Å². The van der Waals surface area contributed by atoms with Gasteiger partial charge in [0.15, 0.2) is 5.43 Å². The maximum atomic E-state index is 12.4. The van der Waals surface area contributed by atoms with Crippen LogP contribution in [0.25, 0.3) is 22.3 Å². The lowest BCUT2D eigenvalue weighted by Crippen LogP contribution is -2.25. The molecule has 0 unspecified atom stereocenters. The maximum absolute atomic E-state index is 12.4. The Balaban J connectivity index is 1.73. The zero-order valence-electron chi connectivity index (χ0n) is 15.6. The number of hydrogen-bond acceptors (Lipinski definition) is 4. The van der Waals surface area contributed by atoms with Gasteiger partial charge < -0.3 is 14.5 Å². The van der Waals surface area contributed by atoms with E-state index in [0.29, 0.717) is 42.1 Å². The number of hydrogen-bond donors (Lipinski definition) is 1. The molecule has 0 atom stereocenters. The fourth-order valence-electron chi connectivity index (χ4n) is 2.82. The second-order valence-corrected chi connectivity index (χ2v) is 6.36. The third-order valence-corrected chi connectivity index (χ3v) is 4.27. The predicted octanol–water partition coefficient (Wildman–Crippen LogP) is 3.92. The van der Waals surface area contributed by atoms with Gasteiger partial charge in [-0.1, -0.05) is 23.8 Å². The van der Waals surface area contributed by atoms with Crippen molar-refractivity contribution in [2.24, 2.45) is 0 Å². The third-order valence-electron chi connectivity index (χ3n) is 4.27. The largest absolute Gasteiger partial charge is 0.456 e. The van der Waals surface area contributed by atoms with E-state index in [2.05, 4.69) is 5.32 Å². The molecule has 0 aliphatic carbocycles. The first-order chi connectivity index (χ1) is 13.1.